The van der Waals surface area contributed by atoms with Gasteiger partial charge in [0.25, 0.3) is 0 Å². The minimum absolute atomic E-state index is 0.0651. The lowest BCUT2D eigenvalue weighted by molar-refractivity contribution is -0.0445. The number of carbonyl (C=O) groups is 1. The van der Waals surface area contributed by atoms with Crippen LogP contribution >= 0.6 is 0 Å². The minimum Gasteiger partial charge on any atom is -0.438 e. The van der Waals surface area contributed by atoms with Crippen molar-refractivity contribution >= 4 is 34.8 Å². The normalized spacial score (nSPS) is 27.3. The lowest BCUT2D eigenvalue weighted by Crippen LogP contribution is -2.46. The summed E-state index contributed by atoms with van der Waals surface area (Å²) in [6.45, 7) is 5.75. The number of anilines is 2. The molecule has 3 fully saturated rings. The van der Waals surface area contributed by atoms with Gasteiger partial charge in [0.05, 0.1) is 43.0 Å². The monoisotopic (exact) mass is 434 g/mol. The van der Waals surface area contributed by atoms with E-state index in [0.717, 1.165) is 6.21 Å². The predicted molar refractivity (Wildman–Crippen MR) is 107 cm³/mol. The molecule has 1 amide bonds. The van der Waals surface area contributed by atoms with Crippen LogP contribution < -0.4 is 9.80 Å². The van der Waals surface area contributed by atoms with Crippen molar-refractivity contribution in [3.8, 4) is 0 Å². The van der Waals surface area contributed by atoms with Gasteiger partial charge in [0, 0.05) is 24.9 Å². The molecule has 11 heteroatoms. The highest BCUT2D eigenvalue weighted by molar-refractivity contribution is 6.01. The zero-order chi connectivity index (χ0) is 21.7. The van der Waals surface area contributed by atoms with Crippen LogP contribution in [0.4, 0.5) is 20.7 Å². The van der Waals surface area contributed by atoms with Gasteiger partial charge in [-0.2, -0.15) is 0 Å². The first kappa shape index (κ1) is 20.2. The molecule has 3 aliphatic heterocycles. The third-order valence-corrected chi connectivity index (χ3v) is 5.58. The number of aromatic nitrogens is 1. The number of cyclic esters (lactones) is 1. The summed E-state index contributed by atoms with van der Waals surface area (Å²) in [6, 6.07) is 1.70. The lowest BCUT2D eigenvalue weighted by atomic mass is 10.0. The van der Waals surface area contributed by atoms with E-state index in [0.29, 0.717) is 42.9 Å². The first-order valence-corrected chi connectivity index (χ1v) is 10.2. The second-order valence-corrected chi connectivity index (χ2v) is 7.95. The van der Waals surface area contributed by atoms with Gasteiger partial charge in [0.1, 0.15) is 0 Å². The number of benzene rings is 1. The van der Waals surface area contributed by atoms with Gasteiger partial charge in [-0.05, 0) is 19.9 Å². The first-order chi connectivity index (χ1) is 15.0. The lowest BCUT2D eigenvalue weighted by Gasteiger charge is -2.38. The number of rotatable bonds is 4. The van der Waals surface area contributed by atoms with E-state index in [1.54, 1.807) is 6.07 Å². The van der Waals surface area contributed by atoms with E-state index in [2.05, 4.69) is 5.16 Å². The van der Waals surface area contributed by atoms with E-state index in [9.17, 15) is 4.79 Å². The highest BCUT2D eigenvalue weighted by atomic mass is 19.1. The fourth-order valence-electron chi connectivity index (χ4n) is 4.37. The molecular weight excluding hydrogens is 411 g/mol. The van der Waals surface area contributed by atoms with Crippen LogP contribution in [-0.2, 0) is 18.9 Å². The zero-order valence-corrected chi connectivity index (χ0v) is 17.2. The van der Waals surface area contributed by atoms with Gasteiger partial charge in [-0.15, -0.1) is 0 Å². The summed E-state index contributed by atoms with van der Waals surface area (Å²) in [5, 5.41) is 11.6. The molecule has 3 atom stereocenters. The fourth-order valence-corrected chi connectivity index (χ4v) is 4.37. The summed E-state index contributed by atoms with van der Waals surface area (Å²) < 4.78 is 43.5. The number of nitrogens with zero attached hydrogens (tertiary/aromatic N) is 3. The molecule has 3 unspecified atom stereocenters. The number of morpholine rings is 1. The number of halogens is 1. The van der Waals surface area contributed by atoms with Crippen LogP contribution in [0.1, 0.15) is 25.7 Å². The molecule has 5 rings (SSSR count). The summed E-state index contributed by atoms with van der Waals surface area (Å²) in [5.41, 5.74) is 0.763. The third kappa shape index (κ3) is 3.42. The number of nitrogens with one attached hydrogen (secondary N) is 1. The Morgan fingerprint density at radius 3 is 2.55 bits per heavy atom. The molecule has 166 valence electrons. The number of ether oxygens (including phenoxy) is 4. The van der Waals surface area contributed by atoms with Crippen molar-refractivity contribution in [3.05, 3.63) is 17.4 Å². The van der Waals surface area contributed by atoms with Crippen molar-refractivity contribution in [2.75, 3.05) is 42.6 Å². The largest absolute Gasteiger partial charge is 0.438 e. The SMILES string of the molecule is CC1CN(c2c(C3OCCO3)cc3c(N4CC(C=N)OC4=O)noc3c2F)CC(C)O1. The molecule has 3 saturated heterocycles. The molecule has 2 aromatic rings. The van der Waals surface area contributed by atoms with Gasteiger partial charge in [-0.1, -0.05) is 5.16 Å². The summed E-state index contributed by atoms with van der Waals surface area (Å²) >= 11 is 0. The highest BCUT2D eigenvalue weighted by Crippen LogP contribution is 2.42. The minimum atomic E-state index is -0.745. The van der Waals surface area contributed by atoms with Crippen molar-refractivity contribution in [1.82, 2.24) is 5.16 Å². The molecule has 10 nitrogen and oxygen atoms in total. The Kier molecular flexibility index (Phi) is 5.03. The third-order valence-electron chi connectivity index (χ3n) is 5.58. The molecule has 0 spiro atoms. The first-order valence-electron chi connectivity index (χ1n) is 10.2. The molecule has 0 saturated carbocycles. The maximum Gasteiger partial charge on any atom is 0.416 e. The molecule has 31 heavy (non-hydrogen) atoms. The average Bonchev–Trinajstić information content (AvgIpc) is 3.46. The summed E-state index contributed by atoms with van der Waals surface area (Å²) in [5.74, 6) is -0.458. The van der Waals surface area contributed by atoms with Crippen molar-refractivity contribution < 1.29 is 32.7 Å². The van der Waals surface area contributed by atoms with Crippen molar-refractivity contribution in [1.29, 1.82) is 5.41 Å². The van der Waals surface area contributed by atoms with Gasteiger partial charge in [-0.25, -0.2) is 9.18 Å². The van der Waals surface area contributed by atoms with E-state index >= 15 is 4.39 Å². The van der Waals surface area contributed by atoms with Crippen LogP contribution in [0.5, 0.6) is 0 Å². The predicted octanol–water partition coefficient (Wildman–Crippen LogP) is 2.60. The topological polar surface area (TPSA) is 110 Å². The Hall–Kier alpha value is -2.76. The fraction of sp³-hybridized carbons (Fsp3) is 0.550. The molecule has 0 radical (unpaired) electrons. The van der Waals surface area contributed by atoms with Crippen molar-refractivity contribution in [3.63, 3.8) is 0 Å². The van der Waals surface area contributed by atoms with Crippen molar-refractivity contribution in [2.45, 2.75) is 38.4 Å². The number of hydrogen-bond donors (Lipinski definition) is 1. The number of hydrogen-bond acceptors (Lipinski definition) is 9. The molecule has 0 aliphatic carbocycles. The second-order valence-electron chi connectivity index (χ2n) is 7.95. The van der Waals surface area contributed by atoms with Crippen LogP contribution in [-0.4, -0.2) is 68.6 Å². The molecule has 1 aromatic carbocycles. The Bertz CT molecular complexity index is 1010. The maximum absolute atomic E-state index is 15.9. The van der Waals surface area contributed by atoms with E-state index < -0.39 is 24.3 Å². The number of amides is 1. The number of carbonyl (C=O) groups excluding carboxylic acids is 1. The maximum atomic E-state index is 15.9. The Morgan fingerprint density at radius 2 is 1.90 bits per heavy atom. The van der Waals surface area contributed by atoms with E-state index in [-0.39, 0.29) is 30.2 Å². The van der Waals surface area contributed by atoms with E-state index in [4.69, 9.17) is 28.9 Å². The Balaban J connectivity index is 1.64. The molecule has 3 aliphatic rings. The second kappa shape index (κ2) is 7.74. The van der Waals surface area contributed by atoms with Crippen LogP contribution in [0.3, 0.4) is 0 Å². The van der Waals surface area contributed by atoms with Crippen LogP contribution in [0.15, 0.2) is 10.6 Å². The van der Waals surface area contributed by atoms with E-state index in [1.165, 1.54) is 4.90 Å². The van der Waals surface area contributed by atoms with Gasteiger partial charge < -0.3 is 33.8 Å². The van der Waals surface area contributed by atoms with E-state index in [1.807, 2.05) is 18.7 Å². The standard InChI is InChI=1S/C20H23FN4O6/c1-10-7-24(8-11(2)29-10)16-13(19-27-3-4-28-19)5-14-17(15(16)21)31-23-18(14)25-9-12(6-22)30-20(25)26/h5-6,10-12,19,22H,3-4,7-9H2,1-2H3. The van der Waals surface area contributed by atoms with Gasteiger partial charge in [0.15, 0.2) is 24.0 Å². The smallest absolute Gasteiger partial charge is 0.416 e. The quantitative estimate of drug-likeness (QED) is 0.732. The van der Waals surface area contributed by atoms with Crippen LogP contribution in [0, 0.1) is 11.2 Å². The van der Waals surface area contributed by atoms with Crippen LogP contribution in [0.25, 0.3) is 11.0 Å². The number of fused-ring (bicyclic) bond motifs is 1. The molecule has 0 bridgehead atoms. The highest BCUT2D eigenvalue weighted by Gasteiger charge is 2.37. The van der Waals surface area contributed by atoms with Crippen LogP contribution in [0.2, 0.25) is 0 Å². The Morgan fingerprint density at radius 1 is 1.19 bits per heavy atom. The molecular formula is C20H23FN4O6. The molecule has 4 heterocycles. The zero-order valence-electron chi connectivity index (χ0n) is 17.2. The summed E-state index contributed by atoms with van der Waals surface area (Å²) in [4.78, 5) is 15.4. The summed E-state index contributed by atoms with van der Waals surface area (Å²) in [7, 11) is 0. The molecule has 1 aromatic heterocycles. The van der Waals surface area contributed by atoms with Crippen molar-refractivity contribution in [2.24, 2.45) is 0 Å². The van der Waals surface area contributed by atoms with Gasteiger partial charge in [-0.3, -0.25) is 4.90 Å². The van der Waals surface area contributed by atoms with Gasteiger partial charge >= 0.3 is 6.09 Å². The van der Waals surface area contributed by atoms with Gasteiger partial charge in [0.2, 0.25) is 5.58 Å². The molecule has 1 N–H and O–H groups in total. The average molecular weight is 434 g/mol. The summed E-state index contributed by atoms with van der Waals surface area (Å²) in [6.07, 6.45) is -1.24. The Labute approximate surface area is 177 Å².